The molecular formula is C17H21ClN2. The maximum Gasteiger partial charge on any atom is 0.0640 e. The van der Waals surface area contributed by atoms with Gasteiger partial charge >= 0.3 is 0 Å². The Kier molecular flexibility index (Phi) is 5.57. The van der Waals surface area contributed by atoms with Gasteiger partial charge < -0.3 is 5.32 Å². The maximum absolute atomic E-state index is 6.30. The summed E-state index contributed by atoms with van der Waals surface area (Å²) in [7, 11) is 0. The van der Waals surface area contributed by atoms with E-state index in [1.165, 1.54) is 11.1 Å². The Morgan fingerprint density at radius 2 is 2.10 bits per heavy atom. The summed E-state index contributed by atoms with van der Waals surface area (Å²) in [5, 5.41) is 4.22. The average molecular weight is 289 g/mol. The number of halogens is 1. The number of benzene rings is 1. The van der Waals surface area contributed by atoms with Gasteiger partial charge in [0.05, 0.1) is 11.1 Å². The second kappa shape index (κ2) is 7.41. The molecular weight excluding hydrogens is 268 g/mol. The van der Waals surface area contributed by atoms with Crippen LogP contribution in [0.4, 0.5) is 0 Å². The Morgan fingerprint density at radius 1 is 1.25 bits per heavy atom. The van der Waals surface area contributed by atoms with Crippen molar-refractivity contribution in [2.45, 2.75) is 32.7 Å². The molecule has 1 heterocycles. The fraction of sp³-hybridized carbons (Fsp3) is 0.353. The number of nitrogens with one attached hydrogen (secondary N) is 1. The van der Waals surface area contributed by atoms with E-state index in [0.717, 1.165) is 24.9 Å². The van der Waals surface area contributed by atoms with Crippen LogP contribution in [0.5, 0.6) is 0 Å². The summed E-state index contributed by atoms with van der Waals surface area (Å²) in [4.78, 5) is 4.07. The summed E-state index contributed by atoms with van der Waals surface area (Å²) in [6.45, 7) is 5.20. The molecule has 0 spiro atoms. The number of nitrogens with zero attached hydrogens (tertiary/aromatic N) is 1. The van der Waals surface area contributed by atoms with E-state index in [2.05, 4.69) is 48.4 Å². The van der Waals surface area contributed by atoms with Crippen LogP contribution in [0.25, 0.3) is 0 Å². The monoisotopic (exact) mass is 288 g/mol. The average Bonchev–Trinajstić information content (AvgIpc) is 2.46. The van der Waals surface area contributed by atoms with E-state index in [9.17, 15) is 0 Å². The van der Waals surface area contributed by atoms with Crippen molar-refractivity contribution < 1.29 is 0 Å². The third kappa shape index (κ3) is 3.59. The fourth-order valence-corrected chi connectivity index (χ4v) is 2.68. The van der Waals surface area contributed by atoms with Crippen molar-refractivity contribution >= 4 is 11.6 Å². The van der Waals surface area contributed by atoms with E-state index in [1.807, 2.05) is 6.07 Å². The lowest BCUT2D eigenvalue weighted by Crippen LogP contribution is -2.22. The SMILES string of the molecule is CCCc1cccc(C(NCC)c2ccncc2Cl)c1. The van der Waals surface area contributed by atoms with Gasteiger partial charge in [-0.25, -0.2) is 0 Å². The molecule has 0 bridgehead atoms. The van der Waals surface area contributed by atoms with Gasteiger partial charge in [-0.15, -0.1) is 0 Å². The quantitative estimate of drug-likeness (QED) is 0.853. The molecule has 2 rings (SSSR count). The minimum atomic E-state index is 0.118. The molecule has 2 nitrogen and oxygen atoms in total. The Labute approximate surface area is 126 Å². The highest BCUT2D eigenvalue weighted by molar-refractivity contribution is 6.31. The lowest BCUT2D eigenvalue weighted by atomic mass is 9.96. The molecule has 106 valence electrons. The van der Waals surface area contributed by atoms with Crippen LogP contribution in [0, 0.1) is 0 Å². The zero-order chi connectivity index (χ0) is 14.4. The molecule has 1 aromatic heterocycles. The highest BCUT2D eigenvalue weighted by Crippen LogP contribution is 2.28. The topological polar surface area (TPSA) is 24.9 Å². The Balaban J connectivity index is 2.38. The van der Waals surface area contributed by atoms with E-state index >= 15 is 0 Å². The van der Waals surface area contributed by atoms with Crippen molar-refractivity contribution in [1.82, 2.24) is 10.3 Å². The molecule has 0 saturated carbocycles. The molecule has 0 aliphatic carbocycles. The largest absolute Gasteiger partial charge is 0.306 e. The van der Waals surface area contributed by atoms with Gasteiger partial charge in [-0.3, -0.25) is 4.98 Å². The summed E-state index contributed by atoms with van der Waals surface area (Å²) in [5.74, 6) is 0. The molecule has 1 aromatic carbocycles. The van der Waals surface area contributed by atoms with E-state index in [4.69, 9.17) is 11.6 Å². The van der Waals surface area contributed by atoms with E-state index in [-0.39, 0.29) is 6.04 Å². The van der Waals surface area contributed by atoms with Crippen molar-refractivity contribution in [2.24, 2.45) is 0 Å². The summed E-state index contributed by atoms with van der Waals surface area (Å²) < 4.78 is 0. The van der Waals surface area contributed by atoms with Crippen molar-refractivity contribution in [3.05, 3.63) is 64.4 Å². The van der Waals surface area contributed by atoms with Gasteiger partial charge in [0.1, 0.15) is 0 Å². The molecule has 1 N–H and O–H groups in total. The third-order valence-corrected chi connectivity index (χ3v) is 3.66. The maximum atomic E-state index is 6.30. The normalized spacial score (nSPS) is 12.3. The van der Waals surface area contributed by atoms with Crippen LogP contribution in [-0.4, -0.2) is 11.5 Å². The Morgan fingerprint density at radius 3 is 2.80 bits per heavy atom. The summed E-state index contributed by atoms with van der Waals surface area (Å²) >= 11 is 6.30. The Bertz CT molecular complexity index is 554. The molecule has 3 heteroatoms. The standard InChI is InChI=1S/C17H21ClN2/c1-3-6-13-7-5-8-14(11-13)17(20-4-2)15-9-10-19-12-16(15)18/h5,7-12,17,20H,3-4,6H2,1-2H3. The van der Waals surface area contributed by atoms with Crippen molar-refractivity contribution in [3.8, 4) is 0 Å². The second-order valence-electron chi connectivity index (χ2n) is 4.88. The van der Waals surface area contributed by atoms with Crippen LogP contribution in [0.3, 0.4) is 0 Å². The van der Waals surface area contributed by atoms with E-state index in [1.54, 1.807) is 12.4 Å². The van der Waals surface area contributed by atoms with Crippen LogP contribution < -0.4 is 5.32 Å². The summed E-state index contributed by atoms with van der Waals surface area (Å²) in [6, 6.07) is 10.8. The van der Waals surface area contributed by atoms with Crippen LogP contribution in [0.1, 0.15) is 43.0 Å². The molecule has 0 fully saturated rings. The first-order valence-electron chi connectivity index (χ1n) is 7.17. The lowest BCUT2D eigenvalue weighted by molar-refractivity contribution is 0.629. The highest BCUT2D eigenvalue weighted by atomic mass is 35.5. The zero-order valence-corrected chi connectivity index (χ0v) is 12.8. The van der Waals surface area contributed by atoms with Crippen LogP contribution in [0.15, 0.2) is 42.7 Å². The number of hydrogen-bond donors (Lipinski definition) is 1. The molecule has 0 radical (unpaired) electrons. The summed E-state index contributed by atoms with van der Waals surface area (Å²) in [5.41, 5.74) is 3.71. The molecule has 0 aliphatic rings. The van der Waals surface area contributed by atoms with Gasteiger partial charge in [-0.1, -0.05) is 56.1 Å². The van der Waals surface area contributed by atoms with Gasteiger partial charge in [-0.2, -0.15) is 0 Å². The van der Waals surface area contributed by atoms with Gasteiger partial charge in [0.25, 0.3) is 0 Å². The first kappa shape index (κ1) is 15.0. The predicted molar refractivity (Wildman–Crippen MR) is 85.2 cm³/mol. The zero-order valence-electron chi connectivity index (χ0n) is 12.1. The van der Waals surface area contributed by atoms with Crippen molar-refractivity contribution in [1.29, 1.82) is 0 Å². The molecule has 0 saturated heterocycles. The number of pyridine rings is 1. The van der Waals surface area contributed by atoms with Crippen LogP contribution in [-0.2, 0) is 6.42 Å². The van der Waals surface area contributed by atoms with Crippen LogP contribution >= 0.6 is 11.6 Å². The van der Waals surface area contributed by atoms with Gasteiger partial charge in [0.15, 0.2) is 0 Å². The molecule has 2 aromatic rings. The molecule has 1 atom stereocenters. The van der Waals surface area contributed by atoms with E-state index < -0.39 is 0 Å². The smallest absolute Gasteiger partial charge is 0.0640 e. The van der Waals surface area contributed by atoms with Crippen molar-refractivity contribution in [3.63, 3.8) is 0 Å². The predicted octanol–water partition coefficient (Wildman–Crippen LogP) is 4.39. The van der Waals surface area contributed by atoms with E-state index in [0.29, 0.717) is 5.02 Å². The van der Waals surface area contributed by atoms with Crippen molar-refractivity contribution in [2.75, 3.05) is 6.54 Å². The highest BCUT2D eigenvalue weighted by Gasteiger charge is 2.16. The fourth-order valence-electron chi connectivity index (χ4n) is 2.45. The van der Waals surface area contributed by atoms with Gasteiger partial charge in [0.2, 0.25) is 0 Å². The lowest BCUT2D eigenvalue weighted by Gasteiger charge is -2.20. The first-order valence-corrected chi connectivity index (χ1v) is 7.55. The summed E-state index contributed by atoms with van der Waals surface area (Å²) in [6.07, 6.45) is 5.76. The molecule has 0 amide bonds. The third-order valence-electron chi connectivity index (χ3n) is 3.35. The number of hydrogen-bond acceptors (Lipinski definition) is 2. The molecule has 20 heavy (non-hydrogen) atoms. The first-order chi connectivity index (χ1) is 9.76. The number of aromatic nitrogens is 1. The Hall–Kier alpha value is -1.38. The van der Waals surface area contributed by atoms with Crippen LogP contribution in [0.2, 0.25) is 5.02 Å². The van der Waals surface area contributed by atoms with Gasteiger partial charge in [-0.05, 0) is 35.7 Å². The minimum absolute atomic E-state index is 0.118. The minimum Gasteiger partial charge on any atom is -0.306 e. The van der Waals surface area contributed by atoms with Gasteiger partial charge in [0, 0.05) is 12.4 Å². The molecule has 0 aliphatic heterocycles. The number of rotatable bonds is 6. The molecule has 1 unspecified atom stereocenters. The second-order valence-corrected chi connectivity index (χ2v) is 5.29. The number of aryl methyl sites for hydroxylation is 1.